The van der Waals surface area contributed by atoms with E-state index in [4.69, 9.17) is 0 Å². The van der Waals surface area contributed by atoms with Gasteiger partial charge in [-0.25, -0.2) is 0 Å². The van der Waals surface area contributed by atoms with Crippen LogP contribution in [0.1, 0.15) is 32.6 Å². The molecule has 0 aromatic carbocycles. The van der Waals surface area contributed by atoms with Crippen LogP contribution in [-0.2, 0) is 4.79 Å². The third kappa shape index (κ3) is 8.33. The van der Waals surface area contributed by atoms with Gasteiger partial charge in [0.15, 0.2) is 0 Å². The van der Waals surface area contributed by atoms with E-state index in [1.54, 1.807) is 0 Å². The Kier molecular flexibility index (Phi) is 8.86. The third-order valence-corrected chi connectivity index (χ3v) is 5.47. The summed E-state index contributed by atoms with van der Waals surface area (Å²) in [7, 11) is 0. The van der Waals surface area contributed by atoms with Crippen LogP contribution in [0.2, 0.25) is 4.44 Å². The fraction of sp³-hybridized carbons (Fsp3) is 0.875. The predicted octanol–water partition coefficient (Wildman–Crippen LogP) is 1.21. The van der Waals surface area contributed by atoms with Crippen LogP contribution < -0.4 is 0 Å². The molecular weight excluding hydrogens is 247 g/mol. The van der Waals surface area contributed by atoms with Crippen molar-refractivity contribution in [3.05, 3.63) is 0 Å². The molecule has 0 fully saturated rings. The molecule has 0 aliphatic carbocycles. The van der Waals surface area contributed by atoms with E-state index in [-0.39, 0.29) is 4.12 Å². The summed E-state index contributed by atoms with van der Waals surface area (Å²) in [6, 6.07) is 0. The van der Waals surface area contributed by atoms with Crippen molar-refractivity contribution in [1.29, 1.82) is 0 Å². The van der Waals surface area contributed by atoms with Gasteiger partial charge in [0.25, 0.3) is 0 Å². The number of carbonyl (C=O) groups excluding carboxylic acids is 1. The van der Waals surface area contributed by atoms with Gasteiger partial charge in [0.05, 0.1) is 0 Å². The van der Waals surface area contributed by atoms with E-state index in [2.05, 4.69) is 6.92 Å². The normalized spacial score (nSPS) is 12.9. The van der Waals surface area contributed by atoms with Gasteiger partial charge in [-0.3, -0.25) is 0 Å². The second-order valence-electron chi connectivity index (χ2n) is 2.57. The van der Waals surface area contributed by atoms with Crippen LogP contribution in [0.15, 0.2) is 0 Å². The SMILES string of the molecule is CCC[CH2][Sn][CH](O)CCC=O. The number of unbranched alkanes of at least 4 members (excludes halogenated alkanes) is 1. The van der Waals surface area contributed by atoms with Crippen molar-refractivity contribution < 1.29 is 9.90 Å². The standard InChI is InChI=1S/C4H7O2.C4H9.Sn/c5-3-1-2-4-6;1-3-4-2;/h3-5H,1-2H2;1,3-4H2,2H3;. The van der Waals surface area contributed by atoms with Gasteiger partial charge in [0.1, 0.15) is 0 Å². The van der Waals surface area contributed by atoms with Crippen molar-refractivity contribution in [3.8, 4) is 0 Å². The summed E-state index contributed by atoms with van der Waals surface area (Å²) in [4.78, 5) is 9.95. The Labute approximate surface area is 78.6 Å². The molecule has 0 aromatic heterocycles. The first-order valence-corrected chi connectivity index (χ1v) is 7.83. The number of aliphatic hydroxyl groups excluding tert-OH is 1. The van der Waals surface area contributed by atoms with E-state index < -0.39 is 21.1 Å². The Morgan fingerprint density at radius 2 is 2.36 bits per heavy atom. The summed E-state index contributed by atoms with van der Waals surface area (Å²) in [5.74, 6) is 0. The molecule has 3 heteroatoms. The molecule has 1 N–H and O–H groups in total. The first-order chi connectivity index (χ1) is 5.31. The Morgan fingerprint density at radius 3 is 2.91 bits per heavy atom. The van der Waals surface area contributed by atoms with Crippen molar-refractivity contribution in [2.75, 3.05) is 0 Å². The molecule has 0 heterocycles. The first kappa shape index (κ1) is 11.4. The summed E-state index contributed by atoms with van der Waals surface area (Å²) in [5, 5.41) is 9.32. The van der Waals surface area contributed by atoms with Gasteiger partial charge in [-0.1, -0.05) is 0 Å². The van der Waals surface area contributed by atoms with Crippen LogP contribution in [0.4, 0.5) is 0 Å². The molecule has 0 saturated heterocycles. The van der Waals surface area contributed by atoms with E-state index >= 15 is 0 Å². The second-order valence-corrected chi connectivity index (χ2v) is 7.06. The van der Waals surface area contributed by atoms with Crippen LogP contribution in [0.25, 0.3) is 0 Å². The molecule has 0 spiro atoms. The van der Waals surface area contributed by atoms with Gasteiger partial charge in [-0.15, -0.1) is 0 Å². The van der Waals surface area contributed by atoms with Crippen molar-refractivity contribution in [3.63, 3.8) is 0 Å². The zero-order chi connectivity index (χ0) is 8.53. The first-order valence-electron chi connectivity index (χ1n) is 4.16. The van der Waals surface area contributed by atoms with E-state index in [1.165, 1.54) is 17.3 Å². The zero-order valence-electron chi connectivity index (χ0n) is 7.05. The monoisotopic (exact) mass is 264 g/mol. The summed E-state index contributed by atoms with van der Waals surface area (Å²) >= 11 is -0.556. The van der Waals surface area contributed by atoms with Crippen molar-refractivity contribution in [2.45, 2.75) is 41.2 Å². The maximum atomic E-state index is 9.95. The average Bonchev–Trinajstić information content (AvgIpc) is 2.01. The molecule has 1 unspecified atom stereocenters. The van der Waals surface area contributed by atoms with Crippen LogP contribution in [0.3, 0.4) is 0 Å². The molecule has 0 aromatic rings. The molecule has 1 atom stereocenters. The van der Waals surface area contributed by atoms with Crippen molar-refractivity contribution >= 4 is 27.4 Å². The van der Waals surface area contributed by atoms with Crippen LogP contribution in [-0.4, -0.2) is 36.7 Å². The average molecular weight is 263 g/mol. The number of hydrogen-bond donors (Lipinski definition) is 1. The van der Waals surface area contributed by atoms with E-state index in [0.717, 1.165) is 6.29 Å². The molecule has 11 heavy (non-hydrogen) atoms. The van der Waals surface area contributed by atoms with Crippen LogP contribution in [0, 0.1) is 0 Å². The second kappa shape index (κ2) is 8.52. The molecular formula is C8H16O2Sn. The molecule has 0 bridgehead atoms. The minimum absolute atomic E-state index is 0.0876. The zero-order valence-corrected chi connectivity index (χ0v) is 9.90. The van der Waals surface area contributed by atoms with Gasteiger partial charge in [0.2, 0.25) is 0 Å². The number of hydrogen-bond acceptors (Lipinski definition) is 2. The summed E-state index contributed by atoms with van der Waals surface area (Å²) in [5.41, 5.74) is 0. The van der Waals surface area contributed by atoms with Gasteiger partial charge in [-0.2, -0.15) is 0 Å². The molecule has 0 saturated carbocycles. The molecule has 2 radical (unpaired) electrons. The summed E-state index contributed by atoms with van der Waals surface area (Å²) in [6.45, 7) is 2.16. The maximum absolute atomic E-state index is 9.95. The third-order valence-electron chi connectivity index (χ3n) is 1.47. The Hall–Kier alpha value is 0.429. The molecule has 64 valence electrons. The van der Waals surface area contributed by atoms with E-state index in [1.807, 2.05) is 0 Å². The fourth-order valence-corrected chi connectivity index (χ4v) is 4.37. The minimum atomic E-state index is -0.556. The van der Waals surface area contributed by atoms with Crippen LogP contribution >= 0.6 is 0 Å². The molecule has 0 aliphatic rings. The number of carbonyl (C=O) groups is 1. The van der Waals surface area contributed by atoms with Gasteiger partial charge in [0, 0.05) is 0 Å². The Balaban J connectivity index is 3.08. The summed E-state index contributed by atoms with van der Waals surface area (Å²) in [6.07, 6.45) is 4.61. The summed E-state index contributed by atoms with van der Waals surface area (Å²) < 4.78 is 1.16. The molecule has 2 nitrogen and oxygen atoms in total. The van der Waals surface area contributed by atoms with Crippen molar-refractivity contribution in [1.82, 2.24) is 0 Å². The topological polar surface area (TPSA) is 37.3 Å². The number of aldehydes is 1. The Morgan fingerprint density at radius 1 is 1.64 bits per heavy atom. The van der Waals surface area contributed by atoms with Gasteiger partial charge < -0.3 is 0 Å². The Bertz CT molecular complexity index is 96.1. The van der Waals surface area contributed by atoms with E-state index in [9.17, 15) is 9.90 Å². The van der Waals surface area contributed by atoms with Gasteiger partial charge in [-0.05, 0) is 0 Å². The van der Waals surface area contributed by atoms with E-state index in [0.29, 0.717) is 12.8 Å². The molecule has 0 aliphatic heterocycles. The molecule has 0 amide bonds. The fourth-order valence-electron chi connectivity index (χ4n) is 0.773. The quantitative estimate of drug-likeness (QED) is 0.426. The molecule has 0 rings (SSSR count). The van der Waals surface area contributed by atoms with Crippen molar-refractivity contribution in [2.24, 2.45) is 0 Å². The van der Waals surface area contributed by atoms with Crippen LogP contribution in [0.5, 0.6) is 0 Å². The number of aliphatic hydroxyl groups is 1. The predicted molar refractivity (Wildman–Crippen MR) is 46.8 cm³/mol. The number of rotatable bonds is 7. The van der Waals surface area contributed by atoms with Gasteiger partial charge >= 0.3 is 78.5 Å².